The molecule has 2 heterocycles. The number of benzene rings is 1. The monoisotopic (exact) mass is 358 g/mol. The van der Waals surface area contributed by atoms with Gasteiger partial charge in [-0.05, 0) is 19.1 Å². The maximum atomic E-state index is 12.6. The summed E-state index contributed by atoms with van der Waals surface area (Å²) < 4.78 is 12.2. The molecule has 1 aliphatic rings. The van der Waals surface area contributed by atoms with E-state index in [1.54, 1.807) is 55.1 Å². The van der Waals surface area contributed by atoms with Crippen LogP contribution in [0.5, 0.6) is 11.5 Å². The molecule has 26 heavy (non-hydrogen) atoms. The van der Waals surface area contributed by atoms with Crippen molar-refractivity contribution in [2.75, 3.05) is 31.0 Å². The summed E-state index contributed by atoms with van der Waals surface area (Å²) in [5.74, 6) is 1.00. The SMILES string of the molecule is COc1ccc(OC)c(N2CC(C(=O)Nc3cc(C)nn3C)CC2=O)c1. The third-order valence-electron chi connectivity index (χ3n) is 4.43. The molecule has 0 spiro atoms. The predicted octanol–water partition coefficient (Wildman–Crippen LogP) is 1.74. The predicted molar refractivity (Wildman–Crippen MR) is 96.6 cm³/mol. The number of ether oxygens (including phenoxy) is 2. The number of amides is 2. The summed E-state index contributed by atoms with van der Waals surface area (Å²) in [6, 6.07) is 7.03. The van der Waals surface area contributed by atoms with E-state index >= 15 is 0 Å². The Hall–Kier alpha value is -3.03. The largest absolute Gasteiger partial charge is 0.497 e. The van der Waals surface area contributed by atoms with Gasteiger partial charge in [0.1, 0.15) is 17.3 Å². The molecule has 1 saturated heterocycles. The van der Waals surface area contributed by atoms with Crippen LogP contribution in [0.1, 0.15) is 12.1 Å². The Morgan fingerprint density at radius 2 is 2.04 bits per heavy atom. The molecule has 2 amide bonds. The summed E-state index contributed by atoms with van der Waals surface area (Å²) >= 11 is 0. The van der Waals surface area contributed by atoms with Crippen molar-refractivity contribution in [3.8, 4) is 11.5 Å². The molecule has 0 saturated carbocycles. The molecule has 1 unspecified atom stereocenters. The Kier molecular flexibility index (Phi) is 4.83. The Bertz CT molecular complexity index is 846. The van der Waals surface area contributed by atoms with Gasteiger partial charge in [0, 0.05) is 32.1 Å². The van der Waals surface area contributed by atoms with Gasteiger partial charge in [0.25, 0.3) is 0 Å². The van der Waals surface area contributed by atoms with Crippen LogP contribution in [-0.4, -0.2) is 42.4 Å². The van der Waals surface area contributed by atoms with Crippen molar-refractivity contribution in [3.63, 3.8) is 0 Å². The number of carbonyl (C=O) groups excluding carboxylic acids is 2. The van der Waals surface area contributed by atoms with Crippen LogP contribution in [0.3, 0.4) is 0 Å². The zero-order valence-corrected chi connectivity index (χ0v) is 15.3. The van der Waals surface area contributed by atoms with Crippen molar-refractivity contribution >= 4 is 23.3 Å². The average molecular weight is 358 g/mol. The molecule has 1 aromatic carbocycles. The van der Waals surface area contributed by atoms with E-state index in [0.29, 0.717) is 23.0 Å². The van der Waals surface area contributed by atoms with E-state index in [4.69, 9.17) is 9.47 Å². The zero-order valence-electron chi connectivity index (χ0n) is 15.3. The Balaban J connectivity index is 1.78. The van der Waals surface area contributed by atoms with Crippen molar-refractivity contribution in [1.82, 2.24) is 9.78 Å². The van der Waals surface area contributed by atoms with Crippen molar-refractivity contribution in [3.05, 3.63) is 30.0 Å². The molecule has 1 aliphatic heterocycles. The first-order valence-corrected chi connectivity index (χ1v) is 8.26. The second-order valence-electron chi connectivity index (χ2n) is 6.23. The summed E-state index contributed by atoms with van der Waals surface area (Å²) in [5.41, 5.74) is 1.41. The maximum Gasteiger partial charge on any atom is 0.230 e. The number of rotatable bonds is 5. The molecule has 1 N–H and O–H groups in total. The molecule has 3 rings (SSSR count). The topological polar surface area (TPSA) is 85.7 Å². The van der Waals surface area contributed by atoms with Gasteiger partial charge in [-0.3, -0.25) is 14.3 Å². The number of methoxy groups -OCH3 is 2. The van der Waals surface area contributed by atoms with Crippen molar-refractivity contribution in [2.24, 2.45) is 13.0 Å². The molecule has 138 valence electrons. The number of nitrogens with zero attached hydrogens (tertiary/aromatic N) is 3. The standard InChI is InChI=1S/C18H22N4O4/c1-11-7-16(21(2)20-11)19-18(24)12-8-17(23)22(10-12)14-9-13(25-3)5-6-15(14)26-4/h5-7,9,12H,8,10H2,1-4H3,(H,19,24). The van der Waals surface area contributed by atoms with Crippen molar-refractivity contribution in [1.29, 1.82) is 0 Å². The Morgan fingerprint density at radius 3 is 2.65 bits per heavy atom. The average Bonchev–Trinajstić information content (AvgIpc) is 3.16. The van der Waals surface area contributed by atoms with Crippen LogP contribution in [0, 0.1) is 12.8 Å². The van der Waals surface area contributed by atoms with E-state index in [0.717, 1.165) is 5.69 Å². The fraction of sp³-hybridized carbons (Fsp3) is 0.389. The highest BCUT2D eigenvalue weighted by Crippen LogP contribution is 2.36. The molecule has 0 aliphatic carbocycles. The first-order valence-electron chi connectivity index (χ1n) is 8.26. The van der Waals surface area contributed by atoms with Gasteiger partial charge in [0.2, 0.25) is 11.8 Å². The summed E-state index contributed by atoms with van der Waals surface area (Å²) in [6.45, 7) is 2.14. The van der Waals surface area contributed by atoms with Gasteiger partial charge in [0.15, 0.2) is 0 Å². The lowest BCUT2D eigenvalue weighted by Crippen LogP contribution is -2.28. The molecular weight excluding hydrogens is 336 g/mol. The minimum atomic E-state index is -0.450. The van der Waals surface area contributed by atoms with Gasteiger partial charge < -0.3 is 19.7 Å². The van der Waals surface area contributed by atoms with Crippen LogP contribution in [0.2, 0.25) is 0 Å². The highest BCUT2D eigenvalue weighted by molar-refractivity contribution is 6.04. The minimum absolute atomic E-state index is 0.127. The van der Waals surface area contributed by atoms with Crippen LogP contribution in [0.25, 0.3) is 0 Å². The number of anilines is 2. The number of hydrogen-bond acceptors (Lipinski definition) is 5. The summed E-state index contributed by atoms with van der Waals surface area (Å²) in [5, 5.41) is 7.05. The minimum Gasteiger partial charge on any atom is -0.497 e. The first kappa shape index (κ1) is 17.8. The molecule has 0 radical (unpaired) electrons. The molecule has 1 fully saturated rings. The van der Waals surface area contributed by atoms with E-state index in [-0.39, 0.29) is 24.8 Å². The highest BCUT2D eigenvalue weighted by Gasteiger charge is 2.36. The second kappa shape index (κ2) is 7.07. The Morgan fingerprint density at radius 1 is 1.27 bits per heavy atom. The fourth-order valence-electron chi connectivity index (χ4n) is 3.08. The second-order valence-corrected chi connectivity index (χ2v) is 6.23. The van der Waals surface area contributed by atoms with E-state index in [1.807, 2.05) is 6.92 Å². The molecular formula is C18H22N4O4. The first-order chi connectivity index (χ1) is 12.4. The van der Waals surface area contributed by atoms with Crippen LogP contribution in [0.15, 0.2) is 24.3 Å². The number of aryl methyl sites for hydroxylation is 2. The normalized spacial score (nSPS) is 16.7. The lowest BCUT2D eigenvalue weighted by Gasteiger charge is -2.20. The summed E-state index contributed by atoms with van der Waals surface area (Å²) in [7, 11) is 4.86. The van der Waals surface area contributed by atoms with Gasteiger partial charge in [-0.25, -0.2) is 0 Å². The highest BCUT2D eigenvalue weighted by atomic mass is 16.5. The number of hydrogen-bond donors (Lipinski definition) is 1. The van der Waals surface area contributed by atoms with E-state index in [2.05, 4.69) is 10.4 Å². The zero-order chi connectivity index (χ0) is 18.8. The quantitative estimate of drug-likeness (QED) is 0.880. The van der Waals surface area contributed by atoms with Crippen molar-refractivity contribution < 1.29 is 19.1 Å². The molecule has 8 heteroatoms. The van der Waals surface area contributed by atoms with Crippen LogP contribution < -0.4 is 19.7 Å². The number of aromatic nitrogens is 2. The fourth-order valence-corrected chi connectivity index (χ4v) is 3.08. The van der Waals surface area contributed by atoms with Gasteiger partial charge >= 0.3 is 0 Å². The van der Waals surface area contributed by atoms with Gasteiger partial charge in [-0.15, -0.1) is 0 Å². The number of carbonyl (C=O) groups is 2. The number of nitrogens with one attached hydrogen (secondary N) is 1. The van der Waals surface area contributed by atoms with Crippen LogP contribution in [0.4, 0.5) is 11.5 Å². The molecule has 1 aromatic heterocycles. The molecule has 1 atom stereocenters. The molecule has 2 aromatic rings. The summed E-state index contributed by atoms with van der Waals surface area (Å²) in [6.07, 6.45) is 0.142. The van der Waals surface area contributed by atoms with E-state index < -0.39 is 5.92 Å². The van der Waals surface area contributed by atoms with Gasteiger partial charge in [-0.1, -0.05) is 0 Å². The summed E-state index contributed by atoms with van der Waals surface area (Å²) in [4.78, 5) is 26.7. The van der Waals surface area contributed by atoms with Crippen LogP contribution >= 0.6 is 0 Å². The third-order valence-corrected chi connectivity index (χ3v) is 4.43. The Labute approximate surface area is 151 Å². The van der Waals surface area contributed by atoms with E-state index in [9.17, 15) is 9.59 Å². The smallest absolute Gasteiger partial charge is 0.230 e. The van der Waals surface area contributed by atoms with E-state index in [1.165, 1.54) is 0 Å². The van der Waals surface area contributed by atoms with Crippen molar-refractivity contribution in [2.45, 2.75) is 13.3 Å². The van der Waals surface area contributed by atoms with Gasteiger partial charge in [-0.2, -0.15) is 5.10 Å². The van der Waals surface area contributed by atoms with Gasteiger partial charge in [0.05, 0.1) is 31.5 Å². The van der Waals surface area contributed by atoms with Crippen LogP contribution in [-0.2, 0) is 16.6 Å². The molecule has 0 bridgehead atoms. The third kappa shape index (κ3) is 3.35. The lowest BCUT2D eigenvalue weighted by atomic mass is 10.1. The lowest BCUT2D eigenvalue weighted by molar-refractivity contribution is -0.122. The molecule has 8 nitrogen and oxygen atoms in total. The maximum absolute atomic E-state index is 12.6.